The summed E-state index contributed by atoms with van der Waals surface area (Å²) in [6.07, 6.45) is 1.02. The highest BCUT2D eigenvalue weighted by Crippen LogP contribution is 2.19. The van der Waals surface area contributed by atoms with E-state index in [4.69, 9.17) is 5.11 Å². The number of sulfonamides is 1. The third kappa shape index (κ3) is 4.56. The minimum Gasteiger partial charge on any atom is -0.478 e. The van der Waals surface area contributed by atoms with Crippen LogP contribution in [0, 0.1) is 6.92 Å². The molecule has 0 bridgehead atoms. The summed E-state index contributed by atoms with van der Waals surface area (Å²) in [5, 5.41) is 11.6. The lowest BCUT2D eigenvalue weighted by Crippen LogP contribution is -2.14. The molecule has 0 aliphatic rings. The smallest absolute Gasteiger partial charge is 0.335 e. The van der Waals surface area contributed by atoms with E-state index in [-0.39, 0.29) is 16.8 Å². The number of carboxylic acids is 1. The minimum atomic E-state index is -3.44. The molecule has 0 aromatic heterocycles. The fourth-order valence-corrected chi connectivity index (χ4v) is 2.62. The zero-order valence-electron chi connectivity index (χ0n) is 13.0. The molecule has 8 heteroatoms. The summed E-state index contributed by atoms with van der Waals surface area (Å²) in [6.45, 7) is 1.68. The number of carbonyl (C=O) groups is 2. The van der Waals surface area contributed by atoms with Gasteiger partial charge in [-0.25, -0.2) is 13.2 Å². The maximum atomic E-state index is 12.3. The number of carboxylic acid groups (broad SMARTS) is 1. The van der Waals surface area contributed by atoms with Crippen LogP contribution < -0.4 is 10.0 Å². The fraction of sp³-hybridized carbons (Fsp3) is 0.125. The molecule has 0 heterocycles. The van der Waals surface area contributed by atoms with Gasteiger partial charge in [-0.2, -0.15) is 0 Å². The van der Waals surface area contributed by atoms with Crippen molar-refractivity contribution in [3.63, 3.8) is 0 Å². The van der Waals surface area contributed by atoms with Gasteiger partial charge in [-0.05, 0) is 48.9 Å². The number of carbonyl (C=O) groups excluding carboxylic acids is 1. The van der Waals surface area contributed by atoms with Crippen LogP contribution in [-0.2, 0) is 10.0 Å². The number of aromatic carboxylic acids is 1. The largest absolute Gasteiger partial charge is 0.478 e. The summed E-state index contributed by atoms with van der Waals surface area (Å²) in [5.41, 5.74) is 1.76. The summed E-state index contributed by atoms with van der Waals surface area (Å²) >= 11 is 0. The normalized spacial score (nSPS) is 10.9. The Kier molecular flexibility index (Phi) is 4.89. The summed E-state index contributed by atoms with van der Waals surface area (Å²) in [5.74, 6) is -1.48. The number of hydrogen-bond acceptors (Lipinski definition) is 4. The predicted octanol–water partition coefficient (Wildman–Crippen LogP) is 2.32. The average molecular weight is 348 g/mol. The summed E-state index contributed by atoms with van der Waals surface area (Å²) in [6, 6.07) is 10.4. The Morgan fingerprint density at radius 2 is 1.75 bits per heavy atom. The molecule has 0 spiro atoms. The van der Waals surface area contributed by atoms with E-state index in [0.29, 0.717) is 11.3 Å². The number of benzene rings is 2. The number of aryl methyl sites for hydroxylation is 1. The van der Waals surface area contributed by atoms with Crippen molar-refractivity contribution in [2.75, 3.05) is 16.3 Å². The van der Waals surface area contributed by atoms with Crippen LogP contribution in [0.15, 0.2) is 42.5 Å². The van der Waals surface area contributed by atoms with Crippen LogP contribution in [0.3, 0.4) is 0 Å². The van der Waals surface area contributed by atoms with Gasteiger partial charge in [0.15, 0.2) is 0 Å². The fourth-order valence-electron chi connectivity index (χ4n) is 2.07. The molecule has 126 valence electrons. The van der Waals surface area contributed by atoms with E-state index in [2.05, 4.69) is 10.0 Å². The molecule has 0 atom stereocenters. The van der Waals surface area contributed by atoms with Crippen molar-refractivity contribution in [3.8, 4) is 0 Å². The predicted molar refractivity (Wildman–Crippen MR) is 91.0 cm³/mol. The van der Waals surface area contributed by atoms with Crippen LogP contribution in [0.4, 0.5) is 11.4 Å². The first-order valence-electron chi connectivity index (χ1n) is 6.89. The Hall–Kier alpha value is -2.87. The van der Waals surface area contributed by atoms with Crippen LogP contribution in [0.1, 0.15) is 26.3 Å². The molecule has 3 N–H and O–H groups in total. The van der Waals surface area contributed by atoms with Gasteiger partial charge >= 0.3 is 5.97 Å². The van der Waals surface area contributed by atoms with Crippen molar-refractivity contribution >= 4 is 33.3 Å². The first-order chi connectivity index (χ1) is 11.2. The topological polar surface area (TPSA) is 113 Å². The molecule has 0 radical (unpaired) electrons. The number of anilines is 2. The average Bonchev–Trinajstić information content (AvgIpc) is 2.47. The second kappa shape index (κ2) is 6.71. The van der Waals surface area contributed by atoms with E-state index in [1.165, 1.54) is 30.3 Å². The molecule has 7 nitrogen and oxygen atoms in total. The van der Waals surface area contributed by atoms with Gasteiger partial charge in [0, 0.05) is 16.9 Å². The first kappa shape index (κ1) is 17.5. The highest BCUT2D eigenvalue weighted by atomic mass is 32.2. The lowest BCUT2D eigenvalue weighted by Gasteiger charge is -2.10. The van der Waals surface area contributed by atoms with Crippen LogP contribution in [-0.4, -0.2) is 31.7 Å². The van der Waals surface area contributed by atoms with Crippen LogP contribution in [0.5, 0.6) is 0 Å². The zero-order chi connectivity index (χ0) is 17.9. The second-order valence-electron chi connectivity index (χ2n) is 5.24. The molecule has 2 rings (SSSR count). The minimum absolute atomic E-state index is 0.129. The maximum absolute atomic E-state index is 12.3. The molecule has 24 heavy (non-hydrogen) atoms. The van der Waals surface area contributed by atoms with Crippen molar-refractivity contribution in [1.82, 2.24) is 0 Å². The van der Waals surface area contributed by atoms with Gasteiger partial charge < -0.3 is 10.4 Å². The number of amides is 1. The number of rotatable bonds is 5. The Labute approximate surface area is 139 Å². The molecule has 0 unspecified atom stereocenters. The monoisotopic (exact) mass is 348 g/mol. The van der Waals surface area contributed by atoms with Gasteiger partial charge in [0.2, 0.25) is 10.0 Å². The standard InChI is InChI=1S/C16H16N2O5S/c1-10-8-12(16(20)21)6-7-14(10)17-15(19)11-4-3-5-13(9-11)18-24(2,22)23/h3-9,18H,1-2H3,(H,17,19)(H,20,21). The van der Waals surface area contributed by atoms with Crippen molar-refractivity contribution in [3.05, 3.63) is 59.2 Å². The van der Waals surface area contributed by atoms with Gasteiger partial charge in [-0.15, -0.1) is 0 Å². The molecule has 2 aromatic carbocycles. The van der Waals surface area contributed by atoms with Crippen molar-refractivity contribution in [1.29, 1.82) is 0 Å². The highest BCUT2D eigenvalue weighted by molar-refractivity contribution is 7.92. The number of hydrogen-bond donors (Lipinski definition) is 3. The lowest BCUT2D eigenvalue weighted by molar-refractivity contribution is 0.0696. The molecule has 0 aliphatic carbocycles. The zero-order valence-corrected chi connectivity index (χ0v) is 13.8. The molecule has 0 saturated heterocycles. The van der Waals surface area contributed by atoms with Crippen molar-refractivity contribution in [2.24, 2.45) is 0 Å². The van der Waals surface area contributed by atoms with Gasteiger partial charge in [0.25, 0.3) is 5.91 Å². The summed E-state index contributed by atoms with van der Waals surface area (Å²) < 4.78 is 24.8. The van der Waals surface area contributed by atoms with Crippen LogP contribution >= 0.6 is 0 Å². The Bertz CT molecular complexity index is 906. The van der Waals surface area contributed by atoms with Gasteiger partial charge in [-0.1, -0.05) is 6.07 Å². The van der Waals surface area contributed by atoms with Gasteiger partial charge in [0.05, 0.1) is 11.8 Å². The first-order valence-corrected chi connectivity index (χ1v) is 8.78. The van der Waals surface area contributed by atoms with E-state index in [9.17, 15) is 18.0 Å². The third-order valence-corrected chi connectivity index (χ3v) is 3.76. The van der Waals surface area contributed by atoms with E-state index < -0.39 is 21.9 Å². The Balaban J connectivity index is 2.21. The second-order valence-corrected chi connectivity index (χ2v) is 6.99. The molecule has 1 amide bonds. The third-order valence-electron chi connectivity index (χ3n) is 3.15. The highest BCUT2D eigenvalue weighted by Gasteiger charge is 2.11. The lowest BCUT2D eigenvalue weighted by atomic mass is 10.1. The molecular weight excluding hydrogens is 332 g/mol. The van der Waals surface area contributed by atoms with Crippen LogP contribution in [0.2, 0.25) is 0 Å². The van der Waals surface area contributed by atoms with Gasteiger partial charge in [0.1, 0.15) is 0 Å². The molecule has 0 aliphatic heterocycles. The van der Waals surface area contributed by atoms with E-state index in [0.717, 1.165) is 6.26 Å². The molecule has 0 fully saturated rings. The molecule has 0 saturated carbocycles. The van der Waals surface area contributed by atoms with E-state index in [1.807, 2.05) is 0 Å². The molecular formula is C16H16N2O5S. The summed E-state index contributed by atoms with van der Waals surface area (Å²) in [4.78, 5) is 23.2. The molecule has 2 aromatic rings. The maximum Gasteiger partial charge on any atom is 0.335 e. The van der Waals surface area contributed by atoms with Crippen molar-refractivity contribution < 1.29 is 23.1 Å². The van der Waals surface area contributed by atoms with Crippen molar-refractivity contribution in [2.45, 2.75) is 6.92 Å². The Morgan fingerprint density at radius 1 is 1.04 bits per heavy atom. The van der Waals surface area contributed by atoms with E-state index >= 15 is 0 Å². The van der Waals surface area contributed by atoms with E-state index in [1.54, 1.807) is 19.1 Å². The van der Waals surface area contributed by atoms with Gasteiger partial charge in [-0.3, -0.25) is 9.52 Å². The number of nitrogens with one attached hydrogen (secondary N) is 2. The Morgan fingerprint density at radius 3 is 2.33 bits per heavy atom. The quantitative estimate of drug-likeness (QED) is 0.767. The van der Waals surface area contributed by atoms with Crippen LogP contribution in [0.25, 0.3) is 0 Å². The summed E-state index contributed by atoms with van der Waals surface area (Å²) in [7, 11) is -3.44. The SMILES string of the molecule is Cc1cc(C(=O)O)ccc1NC(=O)c1cccc(NS(C)(=O)=O)c1.